The average molecular weight is 352 g/mol. The maximum atomic E-state index is 13.2. The number of thioether (sulfide) groups is 1. The van der Waals surface area contributed by atoms with Crippen LogP contribution in [-0.2, 0) is 17.1 Å². The first-order valence-corrected chi connectivity index (χ1v) is 10.0. The first-order chi connectivity index (χ1) is 11.1. The number of piperazine rings is 1. The van der Waals surface area contributed by atoms with Crippen molar-refractivity contribution in [3.63, 3.8) is 0 Å². The van der Waals surface area contributed by atoms with Crippen LogP contribution in [0.5, 0.6) is 0 Å². The standard InChI is InChI=1S/C15H20N4O2S2/c1-18-9-8-17-15(18)12-11-16-7-10-19(12)23(20,21)14-6-4-3-5-13(14)22-2/h3-6,8-9,12,16H,7,10-11H2,1-2H3. The lowest BCUT2D eigenvalue weighted by Gasteiger charge is -2.35. The van der Waals surface area contributed by atoms with Crippen LogP contribution in [0.25, 0.3) is 0 Å². The molecular weight excluding hydrogens is 332 g/mol. The van der Waals surface area contributed by atoms with Crippen LogP contribution in [0.15, 0.2) is 46.5 Å². The molecule has 2 aromatic rings. The molecule has 1 saturated heterocycles. The van der Waals surface area contributed by atoms with Crippen molar-refractivity contribution in [3.8, 4) is 0 Å². The zero-order chi connectivity index (χ0) is 16.4. The molecule has 1 aromatic heterocycles. The van der Waals surface area contributed by atoms with Crippen molar-refractivity contribution in [2.24, 2.45) is 7.05 Å². The van der Waals surface area contributed by atoms with Crippen molar-refractivity contribution >= 4 is 21.8 Å². The van der Waals surface area contributed by atoms with E-state index in [-0.39, 0.29) is 6.04 Å². The Balaban J connectivity index is 2.05. The molecule has 0 spiro atoms. The van der Waals surface area contributed by atoms with Crippen LogP contribution < -0.4 is 5.32 Å². The van der Waals surface area contributed by atoms with Gasteiger partial charge in [0.1, 0.15) is 5.82 Å². The Morgan fingerprint density at radius 2 is 2.13 bits per heavy atom. The third kappa shape index (κ3) is 3.03. The summed E-state index contributed by atoms with van der Waals surface area (Å²) in [6, 6.07) is 6.85. The second-order valence-corrected chi connectivity index (χ2v) is 8.09. The van der Waals surface area contributed by atoms with E-state index in [0.29, 0.717) is 24.5 Å². The molecule has 1 atom stereocenters. The number of aromatic nitrogens is 2. The summed E-state index contributed by atoms with van der Waals surface area (Å²) in [4.78, 5) is 5.49. The lowest BCUT2D eigenvalue weighted by Crippen LogP contribution is -2.49. The molecule has 3 rings (SSSR count). The summed E-state index contributed by atoms with van der Waals surface area (Å²) in [5.41, 5.74) is 0. The third-order valence-corrected chi connectivity index (χ3v) is 6.90. The van der Waals surface area contributed by atoms with Gasteiger partial charge in [-0.1, -0.05) is 12.1 Å². The number of hydrogen-bond acceptors (Lipinski definition) is 5. The Morgan fingerprint density at radius 3 is 2.83 bits per heavy atom. The summed E-state index contributed by atoms with van der Waals surface area (Å²) < 4.78 is 29.9. The van der Waals surface area contributed by atoms with E-state index in [0.717, 1.165) is 10.7 Å². The molecule has 1 aliphatic heterocycles. The highest BCUT2D eigenvalue weighted by Gasteiger charge is 2.37. The van der Waals surface area contributed by atoms with Crippen molar-refractivity contribution in [2.75, 3.05) is 25.9 Å². The van der Waals surface area contributed by atoms with E-state index in [1.54, 1.807) is 22.6 Å². The summed E-state index contributed by atoms with van der Waals surface area (Å²) in [5.74, 6) is 0.752. The van der Waals surface area contributed by atoms with E-state index in [4.69, 9.17) is 0 Å². The summed E-state index contributed by atoms with van der Waals surface area (Å²) in [6.45, 7) is 1.63. The monoisotopic (exact) mass is 352 g/mol. The topological polar surface area (TPSA) is 67.2 Å². The van der Waals surface area contributed by atoms with Gasteiger partial charge in [-0.25, -0.2) is 13.4 Å². The van der Waals surface area contributed by atoms with Crippen LogP contribution >= 0.6 is 11.8 Å². The van der Waals surface area contributed by atoms with Crippen molar-refractivity contribution in [3.05, 3.63) is 42.5 Å². The lowest BCUT2D eigenvalue weighted by atomic mass is 10.2. The van der Waals surface area contributed by atoms with E-state index in [1.165, 1.54) is 11.8 Å². The smallest absolute Gasteiger partial charge is 0.244 e. The Morgan fingerprint density at radius 1 is 1.35 bits per heavy atom. The Hall–Kier alpha value is -1.35. The first-order valence-electron chi connectivity index (χ1n) is 7.38. The van der Waals surface area contributed by atoms with E-state index >= 15 is 0 Å². The lowest BCUT2D eigenvalue weighted by molar-refractivity contribution is 0.258. The zero-order valence-electron chi connectivity index (χ0n) is 13.1. The maximum absolute atomic E-state index is 13.2. The van der Waals surface area contributed by atoms with Gasteiger partial charge >= 0.3 is 0 Å². The Labute approximate surface area is 141 Å². The summed E-state index contributed by atoms with van der Waals surface area (Å²) in [6.07, 6.45) is 5.43. The minimum atomic E-state index is -3.58. The van der Waals surface area contributed by atoms with Gasteiger partial charge in [-0.2, -0.15) is 4.31 Å². The van der Waals surface area contributed by atoms with E-state index in [2.05, 4.69) is 10.3 Å². The fourth-order valence-electron chi connectivity index (χ4n) is 2.85. The van der Waals surface area contributed by atoms with Gasteiger partial charge < -0.3 is 9.88 Å². The summed E-state index contributed by atoms with van der Waals surface area (Å²) in [5, 5.41) is 3.27. The molecule has 0 radical (unpaired) electrons. The highest BCUT2D eigenvalue weighted by molar-refractivity contribution is 7.99. The average Bonchev–Trinajstić information content (AvgIpc) is 3.00. The number of rotatable bonds is 4. The number of nitrogens with one attached hydrogen (secondary N) is 1. The van der Waals surface area contributed by atoms with Crippen molar-refractivity contribution in [2.45, 2.75) is 15.8 Å². The molecule has 124 valence electrons. The molecule has 1 N–H and O–H groups in total. The molecule has 1 aromatic carbocycles. The fraction of sp³-hybridized carbons (Fsp3) is 0.400. The highest BCUT2D eigenvalue weighted by Crippen LogP contribution is 2.32. The number of benzene rings is 1. The number of hydrogen-bond donors (Lipinski definition) is 1. The SMILES string of the molecule is CSc1ccccc1S(=O)(=O)N1CCNCC1c1nccn1C. The summed E-state index contributed by atoms with van der Waals surface area (Å²) in [7, 11) is -1.69. The number of sulfonamides is 1. The van der Waals surface area contributed by atoms with Crippen LogP contribution in [0.2, 0.25) is 0 Å². The zero-order valence-corrected chi connectivity index (χ0v) is 14.8. The fourth-order valence-corrected chi connectivity index (χ4v) is 5.56. The second-order valence-electron chi connectivity index (χ2n) is 5.38. The predicted octanol–water partition coefficient (Wildman–Crippen LogP) is 1.48. The summed E-state index contributed by atoms with van der Waals surface area (Å²) >= 11 is 1.45. The second kappa shape index (κ2) is 6.64. The van der Waals surface area contributed by atoms with Gasteiger partial charge in [0, 0.05) is 44.0 Å². The number of aryl methyl sites for hydroxylation is 1. The highest BCUT2D eigenvalue weighted by atomic mass is 32.2. The van der Waals surface area contributed by atoms with Gasteiger partial charge in [0.05, 0.1) is 10.9 Å². The molecule has 0 aliphatic carbocycles. The van der Waals surface area contributed by atoms with Crippen molar-refractivity contribution < 1.29 is 8.42 Å². The molecule has 0 saturated carbocycles. The van der Waals surface area contributed by atoms with Crippen LogP contribution in [0.3, 0.4) is 0 Å². The third-order valence-electron chi connectivity index (χ3n) is 4.01. The Kier molecular flexibility index (Phi) is 4.77. The molecule has 23 heavy (non-hydrogen) atoms. The van der Waals surface area contributed by atoms with Crippen LogP contribution in [0.4, 0.5) is 0 Å². The number of imidazole rings is 1. The van der Waals surface area contributed by atoms with Crippen LogP contribution in [-0.4, -0.2) is 48.2 Å². The predicted molar refractivity (Wildman–Crippen MR) is 90.9 cm³/mol. The largest absolute Gasteiger partial charge is 0.337 e. The first kappa shape index (κ1) is 16.5. The van der Waals surface area contributed by atoms with Crippen molar-refractivity contribution in [1.29, 1.82) is 0 Å². The van der Waals surface area contributed by atoms with Gasteiger partial charge in [0.2, 0.25) is 10.0 Å². The normalized spacial score (nSPS) is 19.8. The van der Waals surface area contributed by atoms with E-state index in [1.807, 2.05) is 36.2 Å². The number of nitrogens with zero attached hydrogens (tertiary/aromatic N) is 3. The van der Waals surface area contributed by atoms with Gasteiger partial charge in [0.15, 0.2) is 0 Å². The van der Waals surface area contributed by atoms with Gasteiger partial charge in [-0.05, 0) is 18.4 Å². The quantitative estimate of drug-likeness (QED) is 0.844. The molecular formula is C15H20N4O2S2. The molecule has 0 bridgehead atoms. The minimum absolute atomic E-state index is 0.302. The van der Waals surface area contributed by atoms with Crippen molar-refractivity contribution in [1.82, 2.24) is 19.2 Å². The van der Waals surface area contributed by atoms with Crippen LogP contribution in [0.1, 0.15) is 11.9 Å². The molecule has 6 nitrogen and oxygen atoms in total. The van der Waals surface area contributed by atoms with E-state index < -0.39 is 10.0 Å². The van der Waals surface area contributed by atoms with Gasteiger partial charge in [-0.3, -0.25) is 0 Å². The van der Waals surface area contributed by atoms with Gasteiger partial charge in [-0.15, -0.1) is 11.8 Å². The van der Waals surface area contributed by atoms with Crippen LogP contribution in [0, 0.1) is 0 Å². The maximum Gasteiger partial charge on any atom is 0.244 e. The molecule has 1 unspecified atom stereocenters. The molecule has 2 heterocycles. The molecule has 0 amide bonds. The minimum Gasteiger partial charge on any atom is -0.337 e. The Bertz CT molecular complexity index is 788. The van der Waals surface area contributed by atoms with Gasteiger partial charge in [0.25, 0.3) is 0 Å². The molecule has 1 fully saturated rings. The van der Waals surface area contributed by atoms with E-state index in [9.17, 15) is 8.42 Å². The molecule has 8 heteroatoms. The molecule has 1 aliphatic rings.